The number of allylic oxidation sites excluding steroid dienone is 1. The predicted octanol–water partition coefficient (Wildman–Crippen LogP) is 8.16. The van der Waals surface area contributed by atoms with Gasteiger partial charge in [0.1, 0.15) is 5.60 Å². The Kier molecular flexibility index (Phi) is 7.99. The van der Waals surface area contributed by atoms with Gasteiger partial charge in [0.2, 0.25) is 0 Å². The molecule has 49 heavy (non-hydrogen) atoms. The van der Waals surface area contributed by atoms with E-state index in [1.165, 1.54) is 6.92 Å². The van der Waals surface area contributed by atoms with E-state index in [9.17, 15) is 23.4 Å². The lowest BCUT2D eigenvalue weighted by Gasteiger charge is -2.59. The minimum atomic E-state index is -5.91. The average Bonchev–Trinajstić information content (AvgIpc) is 3.30. The van der Waals surface area contributed by atoms with Crippen LogP contribution >= 0.6 is 0 Å². The summed E-state index contributed by atoms with van der Waals surface area (Å²) < 4.78 is 98.3. The fraction of sp³-hybridized carbons (Fsp3) is 0.789. The maximum absolute atomic E-state index is 15.5. The monoisotopic (exact) mass is 698 g/mol. The van der Waals surface area contributed by atoms with Crippen molar-refractivity contribution in [1.29, 1.82) is 0 Å². The summed E-state index contributed by atoms with van der Waals surface area (Å²) in [6.07, 6.45) is -4.81. The highest BCUT2D eigenvalue weighted by Gasteiger charge is 2.79. The third-order valence-electron chi connectivity index (χ3n) is 13.2. The largest absolute Gasteiger partial charge is 0.456 e. The summed E-state index contributed by atoms with van der Waals surface area (Å²) in [6.45, 7) is 13.3. The van der Waals surface area contributed by atoms with Crippen molar-refractivity contribution in [2.24, 2.45) is 28.1 Å². The zero-order chi connectivity index (χ0) is 35.7. The molecule has 7 rings (SSSR count). The van der Waals surface area contributed by atoms with Crippen molar-refractivity contribution >= 4 is 0 Å². The molecule has 2 saturated heterocycles. The highest BCUT2D eigenvalue weighted by Crippen LogP contribution is 2.71. The van der Waals surface area contributed by atoms with Gasteiger partial charge in [-0.1, -0.05) is 58.4 Å². The molecule has 4 aliphatic carbocycles. The van der Waals surface area contributed by atoms with E-state index < -0.39 is 58.5 Å². The normalized spacial score (nSPS) is 39.7. The van der Waals surface area contributed by atoms with Crippen molar-refractivity contribution < 1.29 is 51.1 Å². The molecule has 3 unspecified atom stereocenters. The van der Waals surface area contributed by atoms with Crippen LogP contribution in [-0.2, 0) is 24.7 Å². The second-order valence-corrected chi connectivity index (χ2v) is 18.0. The molecule has 274 valence electrons. The van der Waals surface area contributed by atoms with Gasteiger partial charge in [0.15, 0.2) is 11.6 Å². The predicted molar refractivity (Wildman–Crippen MR) is 171 cm³/mol. The van der Waals surface area contributed by atoms with E-state index in [2.05, 4.69) is 13.8 Å². The molecule has 6 aliphatic rings. The highest BCUT2D eigenvalue weighted by atomic mass is 19.4. The maximum atomic E-state index is 15.5. The van der Waals surface area contributed by atoms with Gasteiger partial charge in [-0.3, -0.25) is 0 Å². The quantitative estimate of drug-likeness (QED) is 0.245. The van der Waals surface area contributed by atoms with Crippen LogP contribution in [0.1, 0.15) is 110 Å². The molecule has 0 bridgehead atoms. The Morgan fingerprint density at radius 2 is 1.39 bits per heavy atom. The van der Waals surface area contributed by atoms with Gasteiger partial charge < -0.3 is 29.2 Å². The molecule has 0 amide bonds. The standard InChI is InChI=1S/C38H51F5O6/c1-30(2)19-46-33(6,47-20-30)24-9-7-8-23(16-24)26-17-32(5)27(12-15-36(32,45)37(39,40)38(41,42)43)25-10-13-34(44)18-35(14-11-28(34)29(25)26)48-21-31(3,4)22-49-35/h7-9,16,25-27,44-45H,10-15,17-22H2,1-6H3/t25?,26-,27?,32+,34?,36+/m1/s1. The molecule has 1 spiro atoms. The van der Waals surface area contributed by atoms with Crippen molar-refractivity contribution in [3.8, 4) is 0 Å². The Bertz CT molecular complexity index is 1500. The van der Waals surface area contributed by atoms with Crippen LogP contribution < -0.4 is 0 Å². The minimum Gasteiger partial charge on any atom is -0.385 e. The molecule has 0 radical (unpaired) electrons. The summed E-state index contributed by atoms with van der Waals surface area (Å²) in [5.41, 5.74) is -3.54. The van der Waals surface area contributed by atoms with Crippen molar-refractivity contribution in [3.63, 3.8) is 0 Å². The molecule has 2 aliphatic heterocycles. The topological polar surface area (TPSA) is 77.4 Å². The third kappa shape index (κ3) is 5.37. The molecule has 5 fully saturated rings. The van der Waals surface area contributed by atoms with Gasteiger partial charge >= 0.3 is 12.1 Å². The zero-order valence-corrected chi connectivity index (χ0v) is 29.4. The number of halogens is 5. The van der Waals surface area contributed by atoms with Gasteiger partial charge in [-0.25, -0.2) is 0 Å². The maximum Gasteiger partial charge on any atom is 0.456 e. The lowest BCUT2D eigenvalue weighted by Crippen LogP contribution is -2.65. The van der Waals surface area contributed by atoms with E-state index in [-0.39, 0.29) is 36.0 Å². The summed E-state index contributed by atoms with van der Waals surface area (Å²) in [5, 5.41) is 24.2. The van der Waals surface area contributed by atoms with E-state index in [0.29, 0.717) is 63.2 Å². The van der Waals surface area contributed by atoms with Crippen LogP contribution in [0.2, 0.25) is 0 Å². The van der Waals surface area contributed by atoms with Crippen LogP contribution in [-0.4, -0.2) is 65.7 Å². The fourth-order valence-corrected chi connectivity index (χ4v) is 10.3. The Labute approximate surface area is 285 Å². The van der Waals surface area contributed by atoms with Crippen LogP contribution in [0, 0.1) is 28.1 Å². The SMILES string of the molecule is CC1(C)COC2(CCC3=C4C(CCC3(O)C2)C2CC[C@@](O)(C(F)(F)C(F)(F)F)[C@@]2(C)C[C@@H]4c2cccc(C3(C)OCC(C)(C)CO3)c2)OC1. The van der Waals surface area contributed by atoms with Gasteiger partial charge in [-0.05, 0) is 74.5 Å². The molecule has 2 heterocycles. The molecular weight excluding hydrogens is 647 g/mol. The van der Waals surface area contributed by atoms with E-state index >= 15 is 8.78 Å². The first-order valence-corrected chi connectivity index (χ1v) is 17.8. The number of aliphatic hydroxyl groups is 2. The summed E-state index contributed by atoms with van der Waals surface area (Å²) >= 11 is 0. The van der Waals surface area contributed by atoms with Crippen molar-refractivity contribution in [2.45, 2.75) is 134 Å². The number of rotatable bonds is 3. The van der Waals surface area contributed by atoms with E-state index in [1.54, 1.807) is 0 Å². The first-order chi connectivity index (χ1) is 22.5. The van der Waals surface area contributed by atoms with Crippen LogP contribution in [0.25, 0.3) is 0 Å². The number of benzene rings is 1. The Balaban J connectivity index is 1.34. The average molecular weight is 699 g/mol. The van der Waals surface area contributed by atoms with E-state index in [4.69, 9.17) is 18.9 Å². The van der Waals surface area contributed by atoms with Gasteiger partial charge in [0.25, 0.3) is 0 Å². The zero-order valence-electron chi connectivity index (χ0n) is 29.4. The van der Waals surface area contributed by atoms with Crippen LogP contribution in [0.4, 0.5) is 22.0 Å². The molecule has 3 saturated carbocycles. The van der Waals surface area contributed by atoms with Gasteiger partial charge in [0, 0.05) is 40.6 Å². The third-order valence-corrected chi connectivity index (χ3v) is 13.2. The minimum absolute atomic E-state index is 0.0338. The number of fused-ring (bicyclic) bond motifs is 4. The lowest BCUT2D eigenvalue weighted by atomic mass is 9.49. The van der Waals surface area contributed by atoms with Crippen LogP contribution in [0.5, 0.6) is 0 Å². The number of ether oxygens (including phenoxy) is 4. The van der Waals surface area contributed by atoms with Crippen molar-refractivity contribution in [3.05, 3.63) is 46.5 Å². The van der Waals surface area contributed by atoms with Gasteiger partial charge in [0.05, 0.1) is 32.0 Å². The second-order valence-electron chi connectivity index (χ2n) is 18.0. The van der Waals surface area contributed by atoms with Gasteiger partial charge in [-0.2, -0.15) is 22.0 Å². The van der Waals surface area contributed by atoms with E-state index in [1.807, 2.05) is 45.0 Å². The number of alkyl halides is 5. The summed E-state index contributed by atoms with van der Waals surface area (Å²) in [4.78, 5) is 0. The molecule has 2 N–H and O–H groups in total. The van der Waals surface area contributed by atoms with Gasteiger partial charge in [-0.15, -0.1) is 0 Å². The smallest absolute Gasteiger partial charge is 0.385 e. The Morgan fingerprint density at radius 3 is 2.00 bits per heavy atom. The fourth-order valence-electron chi connectivity index (χ4n) is 10.3. The second kappa shape index (κ2) is 10.9. The van der Waals surface area contributed by atoms with Crippen molar-refractivity contribution in [2.75, 3.05) is 26.4 Å². The summed E-state index contributed by atoms with van der Waals surface area (Å²) in [7, 11) is 0. The molecular formula is C38H51F5O6. The first kappa shape index (κ1) is 35.8. The van der Waals surface area contributed by atoms with Crippen LogP contribution in [0.15, 0.2) is 35.4 Å². The molecule has 1 aromatic rings. The molecule has 1 aromatic carbocycles. The molecule has 0 aromatic heterocycles. The Hall–Kier alpha value is -1.63. The lowest BCUT2D eigenvalue weighted by molar-refractivity contribution is -0.362. The van der Waals surface area contributed by atoms with E-state index in [0.717, 1.165) is 11.1 Å². The molecule has 6 atom stereocenters. The molecule has 11 heteroatoms. The summed E-state index contributed by atoms with van der Waals surface area (Å²) in [6, 6.07) is 7.47. The Morgan fingerprint density at radius 1 is 0.776 bits per heavy atom. The highest BCUT2D eigenvalue weighted by molar-refractivity contribution is 5.45. The molecule has 6 nitrogen and oxygen atoms in total. The number of hydrogen-bond acceptors (Lipinski definition) is 6. The van der Waals surface area contributed by atoms with Crippen molar-refractivity contribution in [1.82, 2.24) is 0 Å². The first-order valence-electron chi connectivity index (χ1n) is 17.8. The number of hydrogen-bond donors (Lipinski definition) is 2. The summed E-state index contributed by atoms with van der Waals surface area (Å²) in [5.74, 6) is -8.98. The van der Waals surface area contributed by atoms with Crippen LogP contribution in [0.3, 0.4) is 0 Å².